The Balaban J connectivity index is 1.55. The molecule has 2 saturated heterocycles. The van der Waals surface area contributed by atoms with E-state index in [1.54, 1.807) is 7.11 Å². The van der Waals surface area contributed by atoms with Crippen LogP contribution in [-0.4, -0.2) is 85.7 Å². The molecular weight excluding hydrogens is 572 g/mol. The molecule has 2 aromatic rings. The fourth-order valence-corrected chi connectivity index (χ4v) is 5.76. The van der Waals surface area contributed by atoms with Gasteiger partial charge in [-0.3, -0.25) is 14.6 Å². The van der Waals surface area contributed by atoms with Crippen LogP contribution in [0.25, 0.3) is 0 Å². The summed E-state index contributed by atoms with van der Waals surface area (Å²) in [5.41, 5.74) is -0.567. The van der Waals surface area contributed by atoms with Gasteiger partial charge in [-0.2, -0.15) is 26.3 Å². The topological polar surface area (TPSA) is 36.0 Å². The molecule has 234 valence electrons. The van der Waals surface area contributed by atoms with Gasteiger partial charge in [0.25, 0.3) is 5.91 Å². The first-order valence-electron chi connectivity index (χ1n) is 14.3. The summed E-state index contributed by atoms with van der Waals surface area (Å²) >= 11 is 0. The zero-order chi connectivity index (χ0) is 31.4. The van der Waals surface area contributed by atoms with Crippen molar-refractivity contribution in [2.24, 2.45) is 0 Å². The summed E-state index contributed by atoms with van der Waals surface area (Å²) in [5.74, 6) is 5.58. The highest BCUT2D eigenvalue weighted by molar-refractivity contribution is 5.95. The molecule has 2 heterocycles. The lowest BCUT2D eigenvalue weighted by Crippen LogP contribution is -2.56. The van der Waals surface area contributed by atoms with Crippen LogP contribution in [0.4, 0.5) is 26.3 Å². The predicted octanol–water partition coefficient (Wildman–Crippen LogP) is 5.82. The SMILES string of the molecule is COC[C@@H]1CCCN1CC#CCN1CCN(C(=O)c2cc(C(F)(F)F)cc(C(F)(F)F)c2)[C@H](Cc2ccc(C)c(C)c2)C1. The molecular formula is C32H37F6N3O2. The van der Waals surface area contributed by atoms with Crippen LogP contribution >= 0.6 is 0 Å². The van der Waals surface area contributed by atoms with Crippen molar-refractivity contribution in [3.8, 4) is 11.8 Å². The molecule has 43 heavy (non-hydrogen) atoms. The molecule has 0 spiro atoms. The Kier molecular flexibility index (Phi) is 10.5. The van der Waals surface area contributed by atoms with Gasteiger partial charge in [-0.1, -0.05) is 30.0 Å². The number of piperazine rings is 1. The summed E-state index contributed by atoms with van der Waals surface area (Å²) in [6, 6.07) is 6.83. The highest BCUT2D eigenvalue weighted by atomic mass is 19.4. The average Bonchev–Trinajstić information content (AvgIpc) is 3.39. The molecule has 0 N–H and O–H groups in total. The van der Waals surface area contributed by atoms with E-state index in [9.17, 15) is 31.1 Å². The minimum absolute atomic E-state index is 0.0413. The van der Waals surface area contributed by atoms with E-state index in [4.69, 9.17) is 4.74 Å². The van der Waals surface area contributed by atoms with Crippen molar-refractivity contribution in [1.82, 2.24) is 14.7 Å². The van der Waals surface area contributed by atoms with E-state index in [2.05, 4.69) is 21.6 Å². The summed E-state index contributed by atoms with van der Waals surface area (Å²) in [6.45, 7) is 7.55. The van der Waals surface area contributed by atoms with Gasteiger partial charge in [0.1, 0.15) is 0 Å². The van der Waals surface area contributed by atoms with E-state index in [0.717, 1.165) is 36.1 Å². The molecule has 2 aromatic carbocycles. The number of methoxy groups -OCH3 is 1. The Morgan fingerprint density at radius 3 is 2.19 bits per heavy atom. The Labute approximate surface area is 248 Å². The number of aryl methyl sites for hydroxylation is 2. The van der Waals surface area contributed by atoms with Crippen LogP contribution in [0.2, 0.25) is 0 Å². The first-order valence-corrected chi connectivity index (χ1v) is 14.3. The molecule has 0 radical (unpaired) electrons. The number of ether oxygens (including phenoxy) is 1. The van der Waals surface area contributed by atoms with Crippen LogP contribution in [0, 0.1) is 25.7 Å². The van der Waals surface area contributed by atoms with Crippen LogP contribution in [0.3, 0.4) is 0 Å². The maximum Gasteiger partial charge on any atom is 0.416 e. The van der Waals surface area contributed by atoms with E-state index < -0.39 is 41.0 Å². The first kappa shape index (κ1) is 32.8. The molecule has 2 fully saturated rings. The highest BCUT2D eigenvalue weighted by Gasteiger charge is 2.39. The minimum atomic E-state index is -5.04. The number of alkyl halides is 6. The average molecular weight is 610 g/mol. The number of amides is 1. The summed E-state index contributed by atoms with van der Waals surface area (Å²) in [4.78, 5) is 19.4. The molecule has 0 aliphatic carbocycles. The van der Waals surface area contributed by atoms with E-state index in [-0.39, 0.29) is 12.6 Å². The Morgan fingerprint density at radius 1 is 0.884 bits per heavy atom. The molecule has 4 rings (SSSR count). The second-order valence-corrected chi connectivity index (χ2v) is 11.4. The lowest BCUT2D eigenvalue weighted by molar-refractivity contribution is -0.143. The molecule has 0 aromatic heterocycles. The number of likely N-dealkylation sites (tertiary alicyclic amines) is 1. The third-order valence-corrected chi connectivity index (χ3v) is 8.27. The van der Waals surface area contributed by atoms with E-state index in [0.29, 0.717) is 57.4 Å². The normalized spacial score (nSPS) is 20.3. The zero-order valence-corrected chi connectivity index (χ0v) is 24.6. The van der Waals surface area contributed by atoms with Crippen LogP contribution in [0.1, 0.15) is 51.0 Å². The summed E-state index contributed by atoms with van der Waals surface area (Å²) in [7, 11) is 1.68. The molecule has 1 amide bonds. The van der Waals surface area contributed by atoms with Crippen LogP contribution in [-0.2, 0) is 23.5 Å². The van der Waals surface area contributed by atoms with Crippen LogP contribution < -0.4 is 0 Å². The lowest BCUT2D eigenvalue weighted by Gasteiger charge is -2.41. The summed E-state index contributed by atoms with van der Waals surface area (Å²) in [5, 5.41) is 0. The number of carbonyl (C=O) groups is 1. The molecule has 2 aliphatic heterocycles. The van der Waals surface area contributed by atoms with Crippen molar-refractivity contribution in [1.29, 1.82) is 0 Å². The van der Waals surface area contributed by atoms with Crippen LogP contribution in [0.5, 0.6) is 0 Å². The molecule has 0 unspecified atom stereocenters. The first-order chi connectivity index (χ1) is 20.3. The molecule has 2 atom stereocenters. The van der Waals surface area contributed by atoms with E-state index in [1.165, 1.54) is 4.90 Å². The Bertz CT molecular complexity index is 1320. The standard InChI is InChI=1S/C32H37F6N3O2/c1-22-8-9-24(15-23(22)2)16-29-20-39(10-4-5-11-40-12-6-7-28(40)21-43-3)13-14-41(29)30(42)25-17-26(31(33,34)35)19-27(18-25)32(36,37)38/h8-9,15,17-19,28-29H,6-7,10-14,16,20-21H2,1-3H3/t28-,29+/m0/s1. The molecule has 0 bridgehead atoms. The Morgan fingerprint density at radius 2 is 1.56 bits per heavy atom. The van der Waals surface area contributed by atoms with Gasteiger partial charge in [-0.25, -0.2) is 0 Å². The molecule has 0 saturated carbocycles. The fraction of sp³-hybridized carbons (Fsp3) is 0.531. The Hall–Kier alpha value is -3.07. The van der Waals surface area contributed by atoms with Gasteiger partial charge >= 0.3 is 12.4 Å². The van der Waals surface area contributed by atoms with Gasteiger partial charge in [0.2, 0.25) is 0 Å². The van der Waals surface area contributed by atoms with Crippen molar-refractivity contribution < 1.29 is 35.9 Å². The zero-order valence-electron chi connectivity index (χ0n) is 24.6. The van der Waals surface area contributed by atoms with Gasteiger partial charge in [0.05, 0.1) is 30.8 Å². The minimum Gasteiger partial charge on any atom is -0.383 e. The lowest BCUT2D eigenvalue weighted by atomic mass is 9.97. The molecule has 5 nitrogen and oxygen atoms in total. The second-order valence-electron chi connectivity index (χ2n) is 11.4. The maximum absolute atomic E-state index is 13.6. The maximum atomic E-state index is 13.6. The van der Waals surface area contributed by atoms with Crippen LogP contribution in [0.15, 0.2) is 36.4 Å². The van der Waals surface area contributed by atoms with Crippen molar-refractivity contribution >= 4 is 5.91 Å². The molecule has 2 aliphatic rings. The second kappa shape index (κ2) is 13.7. The third kappa shape index (κ3) is 8.52. The van der Waals surface area contributed by atoms with Crippen molar-refractivity contribution in [2.45, 2.75) is 57.5 Å². The number of hydrogen-bond donors (Lipinski definition) is 0. The number of nitrogens with zero attached hydrogens (tertiary/aromatic N) is 3. The van der Waals surface area contributed by atoms with Crippen molar-refractivity contribution in [2.75, 3.05) is 53.0 Å². The monoisotopic (exact) mass is 609 g/mol. The van der Waals surface area contributed by atoms with Gasteiger partial charge in [0, 0.05) is 44.4 Å². The number of carbonyl (C=O) groups excluding carboxylic acids is 1. The van der Waals surface area contributed by atoms with Crippen molar-refractivity contribution in [3.63, 3.8) is 0 Å². The quantitative estimate of drug-likeness (QED) is 0.293. The number of benzene rings is 2. The van der Waals surface area contributed by atoms with Gasteiger partial charge in [-0.15, -0.1) is 0 Å². The summed E-state index contributed by atoms with van der Waals surface area (Å²) in [6.07, 6.45) is -7.51. The fourth-order valence-electron chi connectivity index (χ4n) is 5.76. The van der Waals surface area contributed by atoms with E-state index >= 15 is 0 Å². The van der Waals surface area contributed by atoms with Gasteiger partial charge in [0.15, 0.2) is 0 Å². The van der Waals surface area contributed by atoms with Gasteiger partial charge < -0.3 is 9.64 Å². The number of halogens is 6. The van der Waals surface area contributed by atoms with Gasteiger partial charge in [-0.05, 0) is 74.5 Å². The predicted molar refractivity (Wildman–Crippen MR) is 152 cm³/mol. The third-order valence-electron chi connectivity index (χ3n) is 8.27. The number of rotatable bonds is 7. The largest absolute Gasteiger partial charge is 0.416 e. The smallest absolute Gasteiger partial charge is 0.383 e. The molecule has 11 heteroatoms. The van der Waals surface area contributed by atoms with Crippen molar-refractivity contribution in [3.05, 3.63) is 69.8 Å². The highest BCUT2D eigenvalue weighted by Crippen LogP contribution is 2.37. The summed E-state index contributed by atoms with van der Waals surface area (Å²) < 4.78 is 86.4. The van der Waals surface area contributed by atoms with E-state index in [1.807, 2.05) is 32.0 Å². The number of hydrogen-bond acceptors (Lipinski definition) is 4.